The van der Waals surface area contributed by atoms with Crippen LogP contribution >= 0.6 is 11.8 Å². The lowest BCUT2D eigenvalue weighted by Crippen LogP contribution is -2.18. The van der Waals surface area contributed by atoms with Crippen molar-refractivity contribution in [1.29, 1.82) is 0 Å². The molecule has 3 aromatic rings. The van der Waals surface area contributed by atoms with Crippen molar-refractivity contribution in [2.45, 2.75) is 45.4 Å². The second kappa shape index (κ2) is 8.39. The van der Waals surface area contributed by atoms with Gasteiger partial charge < -0.3 is 9.88 Å². The van der Waals surface area contributed by atoms with Gasteiger partial charge >= 0.3 is 0 Å². The summed E-state index contributed by atoms with van der Waals surface area (Å²) in [5.74, 6) is 1.70. The molecule has 1 aromatic carbocycles. The number of nitrogens with one attached hydrogen (secondary N) is 1. The molecule has 1 N–H and O–H groups in total. The molecule has 0 aliphatic heterocycles. The van der Waals surface area contributed by atoms with E-state index in [2.05, 4.69) is 40.5 Å². The molecule has 0 bridgehead atoms. The summed E-state index contributed by atoms with van der Waals surface area (Å²) in [5.41, 5.74) is 2.21. The molecule has 7 nitrogen and oxygen atoms in total. The minimum Gasteiger partial charge on any atom is -0.310 e. The van der Waals surface area contributed by atoms with E-state index in [1.54, 1.807) is 16.9 Å². The zero-order valence-corrected chi connectivity index (χ0v) is 16.8. The summed E-state index contributed by atoms with van der Waals surface area (Å²) in [6.45, 7) is 8.89. The summed E-state index contributed by atoms with van der Waals surface area (Å²) in [7, 11) is 0. The Morgan fingerprint density at radius 2 is 2.00 bits per heavy atom. The molecule has 0 aliphatic carbocycles. The van der Waals surface area contributed by atoms with Crippen LogP contribution in [0.25, 0.3) is 11.4 Å². The molecule has 0 saturated heterocycles. The molecule has 0 spiro atoms. The highest BCUT2D eigenvalue weighted by atomic mass is 32.2. The minimum absolute atomic E-state index is 0.0921. The van der Waals surface area contributed by atoms with Gasteiger partial charge in [0.25, 0.3) is 0 Å². The van der Waals surface area contributed by atoms with Gasteiger partial charge in [0.2, 0.25) is 5.91 Å². The second-order valence-corrected chi connectivity index (χ2v) is 7.40. The predicted molar refractivity (Wildman–Crippen MR) is 108 cm³/mol. The Morgan fingerprint density at radius 1 is 1.22 bits per heavy atom. The number of amides is 1. The van der Waals surface area contributed by atoms with E-state index in [0.717, 1.165) is 28.7 Å². The van der Waals surface area contributed by atoms with Crippen molar-refractivity contribution in [3.8, 4) is 11.4 Å². The molecule has 0 radical (unpaired) electrons. The highest BCUT2D eigenvalue weighted by Crippen LogP contribution is 2.26. The number of hydrogen-bond acceptors (Lipinski definition) is 5. The summed E-state index contributed by atoms with van der Waals surface area (Å²) in [5, 5.41) is 16.5. The van der Waals surface area contributed by atoms with Crippen molar-refractivity contribution in [3.63, 3.8) is 0 Å². The zero-order chi connectivity index (χ0) is 19.4. The first-order valence-electron chi connectivity index (χ1n) is 8.96. The number of benzene rings is 1. The maximum atomic E-state index is 12.4. The molecule has 2 aromatic heterocycles. The van der Waals surface area contributed by atoms with Crippen molar-refractivity contribution in [1.82, 2.24) is 24.5 Å². The highest BCUT2D eigenvalue weighted by Gasteiger charge is 2.16. The van der Waals surface area contributed by atoms with Gasteiger partial charge in [-0.2, -0.15) is 5.10 Å². The van der Waals surface area contributed by atoms with Crippen molar-refractivity contribution in [2.75, 3.05) is 11.1 Å². The third kappa shape index (κ3) is 4.21. The predicted octanol–water partition coefficient (Wildman–Crippen LogP) is 3.78. The fourth-order valence-corrected chi connectivity index (χ4v) is 3.64. The van der Waals surface area contributed by atoms with E-state index in [-0.39, 0.29) is 17.7 Å². The Morgan fingerprint density at radius 3 is 2.70 bits per heavy atom. The number of aromatic nitrogens is 5. The van der Waals surface area contributed by atoms with Crippen LogP contribution in [0.3, 0.4) is 0 Å². The van der Waals surface area contributed by atoms with Gasteiger partial charge in [-0.1, -0.05) is 36.0 Å². The molecule has 0 unspecified atom stereocenters. The molecular formula is C19H24N6OS. The third-order valence-electron chi connectivity index (χ3n) is 4.18. The summed E-state index contributed by atoms with van der Waals surface area (Å²) < 4.78 is 3.83. The van der Waals surface area contributed by atoms with Gasteiger partial charge in [-0.3, -0.25) is 4.79 Å². The van der Waals surface area contributed by atoms with Crippen LogP contribution in [0.5, 0.6) is 0 Å². The molecule has 0 saturated carbocycles. The average molecular weight is 385 g/mol. The highest BCUT2D eigenvalue weighted by molar-refractivity contribution is 7.99. The van der Waals surface area contributed by atoms with Crippen molar-refractivity contribution < 1.29 is 4.79 Å². The molecule has 8 heteroatoms. The SMILES string of the molecule is CCn1c(SCC(=O)Nc2ccnn2C(C)C)nnc1-c1ccccc1C. The van der Waals surface area contributed by atoms with Gasteiger partial charge in [-0.15, -0.1) is 10.2 Å². The first-order chi connectivity index (χ1) is 13.0. The van der Waals surface area contributed by atoms with E-state index >= 15 is 0 Å². The van der Waals surface area contributed by atoms with Crippen LogP contribution in [0.1, 0.15) is 32.4 Å². The maximum absolute atomic E-state index is 12.4. The fourth-order valence-electron chi connectivity index (χ4n) is 2.84. The van der Waals surface area contributed by atoms with E-state index in [9.17, 15) is 4.79 Å². The lowest BCUT2D eigenvalue weighted by molar-refractivity contribution is -0.113. The Hall–Kier alpha value is -2.61. The third-order valence-corrected chi connectivity index (χ3v) is 5.15. The Bertz CT molecular complexity index is 930. The normalized spacial score (nSPS) is 11.1. The van der Waals surface area contributed by atoms with Gasteiger partial charge in [0.05, 0.1) is 11.9 Å². The first kappa shape index (κ1) is 19.2. The van der Waals surface area contributed by atoms with E-state index < -0.39 is 0 Å². The number of carbonyl (C=O) groups is 1. The molecule has 0 atom stereocenters. The largest absolute Gasteiger partial charge is 0.310 e. The number of aryl methyl sites for hydroxylation is 1. The zero-order valence-electron chi connectivity index (χ0n) is 16.0. The van der Waals surface area contributed by atoms with Crippen LogP contribution in [0, 0.1) is 6.92 Å². The van der Waals surface area contributed by atoms with E-state index in [0.29, 0.717) is 5.82 Å². The van der Waals surface area contributed by atoms with E-state index in [1.807, 2.05) is 36.6 Å². The molecule has 2 heterocycles. The summed E-state index contributed by atoms with van der Waals surface area (Å²) in [4.78, 5) is 12.4. The second-order valence-electron chi connectivity index (χ2n) is 6.46. The fraction of sp³-hybridized carbons (Fsp3) is 0.368. The Kier molecular flexibility index (Phi) is 5.95. The van der Waals surface area contributed by atoms with E-state index in [4.69, 9.17) is 0 Å². The maximum Gasteiger partial charge on any atom is 0.235 e. The summed E-state index contributed by atoms with van der Waals surface area (Å²) in [6, 6.07) is 10.1. The van der Waals surface area contributed by atoms with E-state index in [1.165, 1.54) is 11.8 Å². The Balaban J connectivity index is 1.70. The average Bonchev–Trinajstić information content (AvgIpc) is 3.26. The molecular weight excluding hydrogens is 360 g/mol. The molecule has 0 fully saturated rings. The van der Waals surface area contributed by atoms with Crippen LogP contribution in [0.15, 0.2) is 41.7 Å². The number of thioether (sulfide) groups is 1. The van der Waals surface area contributed by atoms with Gasteiger partial charge in [0.1, 0.15) is 5.82 Å². The van der Waals surface area contributed by atoms with Crippen molar-refractivity contribution in [2.24, 2.45) is 0 Å². The van der Waals surface area contributed by atoms with Gasteiger partial charge in [0, 0.05) is 24.2 Å². The van der Waals surface area contributed by atoms with Gasteiger partial charge in [-0.05, 0) is 33.3 Å². The van der Waals surface area contributed by atoms with Gasteiger partial charge in [-0.25, -0.2) is 4.68 Å². The van der Waals surface area contributed by atoms with Crippen molar-refractivity contribution in [3.05, 3.63) is 42.1 Å². The molecule has 0 aliphatic rings. The summed E-state index contributed by atoms with van der Waals surface area (Å²) in [6.07, 6.45) is 1.69. The number of carbonyl (C=O) groups excluding carboxylic acids is 1. The lowest BCUT2D eigenvalue weighted by Gasteiger charge is -2.12. The number of anilines is 1. The van der Waals surface area contributed by atoms with Crippen LogP contribution in [0.2, 0.25) is 0 Å². The number of rotatable bonds is 7. The first-order valence-corrected chi connectivity index (χ1v) is 9.95. The van der Waals surface area contributed by atoms with Crippen molar-refractivity contribution >= 4 is 23.5 Å². The van der Waals surface area contributed by atoms with Crippen LogP contribution in [-0.4, -0.2) is 36.2 Å². The van der Waals surface area contributed by atoms with Crippen LogP contribution in [0.4, 0.5) is 5.82 Å². The smallest absolute Gasteiger partial charge is 0.235 e. The number of hydrogen-bond donors (Lipinski definition) is 1. The van der Waals surface area contributed by atoms with Crippen LogP contribution in [-0.2, 0) is 11.3 Å². The minimum atomic E-state index is -0.0921. The van der Waals surface area contributed by atoms with Gasteiger partial charge in [0.15, 0.2) is 11.0 Å². The quantitative estimate of drug-likeness (QED) is 0.627. The molecule has 142 valence electrons. The Labute approximate surface area is 163 Å². The molecule has 3 rings (SSSR count). The lowest BCUT2D eigenvalue weighted by atomic mass is 10.1. The standard InChI is InChI=1S/C19H24N6OS/c1-5-24-18(15-9-7-6-8-14(15)4)22-23-19(24)27-12-17(26)21-16-10-11-20-25(16)13(2)3/h6-11,13H,5,12H2,1-4H3,(H,21,26). The monoisotopic (exact) mass is 384 g/mol. The summed E-state index contributed by atoms with van der Waals surface area (Å²) >= 11 is 1.38. The molecule has 1 amide bonds. The topological polar surface area (TPSA) is 77.6 Å². The molecule has 27 heavy (non-hydrogen) atoms. The van der Waals surface area contributed by atoms with Crippen LogP contribution < -0.4 is 5.32 Å². The number of nitrogens with zero attached hydrogens (tertiary/aromatic N) is 5.